The highest BCUT2D eigenvalue weighted by Crippen LogP contribution is 2.44. The van der Waals surface area contributed by atoms with E-state index in [0.29, 0.717) is 5.39 Å². The van der Waals surface area contributed by atoms with Gasteiger partial charge in [0.2, 0.25) is 0 Å². The molecule has 4 aromatic rings. The first kappa shape index (κ1) is 18.3. The molecule has 7 heteroatoms. The van der Waals surface area contributed by atoms with Crippen LogP contribution in [-0.2, 0) is 4.74 Å². The van der Waals surface area contributed by atoms with Crippen molar-refractivity contribution in [2.75, 3.05) is 11.9 Å². The molecule has 0 unspecified atom stereocenters. The van der Waals surface area contributed by atoms with Crippen molar-refractivity contribution in [3.63, 3.8) is 0 Å². The van der Waals surface area contributed by atoms with Crippen LogP contribution >= 0.6 is 11.3 Å². The number of ether oxygens (including phenoxy) is 1. The number of aromatic nitrogens is 1. The van der Waals surface area contributed by atoms with E-state index in [0.717, 1.165) is 38.3 Å². The van der Waals surface area contributed by atoms with Crippen molar-refractivity contribution in [3.05, 3.63) is 83.0 Å². The summed E-state index contributed by atoms with van der Waals surface area (Å²) in [6.45, 7) is 0.155. The minimum absolute atomic E-state index is 0.0477. The summed E-state index contributed by atoms with van der Waals surface area (Å²) in [6, 6.07) is 17.9. The van der Waals surface area contributed by atoms with Gasteiger partial charge in [0.1, 0.15) is 11.5 Å². The minimum atomic E-state index is -1.11. The summed E-state index contributed by atoms with van der Waals surface area (Å²) in [5.74, 6) is -1.17. The van der Waals surface area contributed by atoms with Crippen molar-refractivity contribution >= 4 is 39.2 Å². The molecular weight excluding hydrogens is 400 g/mol. The molecule has 2 heterocycles. The van der Waals surface area contributed by atoms with E-state index >= 15 is 0 Å². The molecule has 1 aliphatic rings. The van der Waals surface area contributed by atoms with E-state index in [1.165, 1.54) is 6.20 Å². The first-order chi connectivity index (χ1) is 14.6. The summed E-state index contributed by atoms with van der Waals surface area (Å²) in [5.41, 5.74) is 4.73. The van der Waals surface area contributed by atoms with Crippen molar-refractivity contribution in [1.82, 2.24) is 4.98 Å². The SMILES string of the molecule is O=C(Nc1c(C(=O)O)sc2ccncc12)OCC1c2ccccc2-c2ccccc21. The Morgan fingerprint density at radius 1 is 1.03 bits per heavy atom. The van der Waals surface area contributed by atoms with E-state index in [1.807, 2.05) is 36.4 Å². The molecule has 0 atom stereocenters. The molecule has 148 valence electrons. The van der Waals surface area contributed by atoms with Crippen molar-refractivity contribution in [2.24, 2.45) is 0 Å². The smallest absolute Gasteiger partial charge is 0.411 e. The largest absolute Gasteiger partial charge is 0.477 e. The van der Waals surface area contributed by atoms with Crippen LogP contribution in [0.15, 0.2) is 67.0 Å². The van der Waals surface area contributed by atoms with Crippen LogP contribution in [0, 0.1) is 0 Å². The number of amides is 1. The Bertz CT molecular complexity index is 1250. The predicted molar refractivity (Wildman–Crippen MR) is 115 cm³/mol. The van der Waals surface area contributed by atoms with Gasteiger partial charge in [0.25, 0.3) is 0 Å². The van der Waals surface area contributed by atoms with Crippen molar-refractivity contribution < 1.29 is 19.4 Å². The van der Waals surface area contributed by atoms with Crippen LogP contribution in [0.2, 0.25) is 0 Å². The van der Waals surface area contributed by atoms with Crippen LogP contribution in [0.4, 0.5) is 10.5 Å². The van der Waals surface area contributed by atoms with Gasteiger partial charge in [0, 0.05) is 28.4 Å². The molecule has 1 aliphatic carbocycles. The lowest BCUT2D eigenvalue weighted by molar-refractivity contribution is 0.0703. The lowest BCUT2D eigenvalue weighted by atomic mass is 9.98. The van der Waals surface area contributed by atoms with E-state index in [9.17, 15) is 14.7 Å². The standard InChI is InChI=1S/C23H16N2O4S/c26-22(27)21-20(17-11-24-10-9-19(17)30-21)25-23(28)29-12-18-15-7-3-1-5-13(15)14-6-2-4-8-16(14)18/h1-11,18H,12H2,(H,25,28)(H,26,27). The van der Waals surface area contributed by atoms with E-state index < -0.39 is 12.1 Å². The van der Waals surface area contributed by atoms with Crippen molar-refractivity contribution in [3.8, 4) is 11.1 Å². The maximum absolute atomic E-state index is 12.6. The lowest BCUT2D eigenvalue weighted by Crippen LogP contribution is -2.18. The lowest BCUT2D eigenvalue weighted by Gasteiger charge is -2.14. The van der Waals surface area contributed by atoms with Gasteiger partial charge in [-0.25, -0.2) is 9.59 Å². The Hall–Kier alpha value is -3.71. The second-order valence-electron chi connectivity index (χ2n) is 6.93. The third kappa shape index (κ3) is 3.00. The van der Waals surface area contributed by atoms with Gasteiger partial charge in [-0.2, -0.15) is 0 Å². The fraction of sp³-hybridized carbons (Fsp3) is 0.0870. The number of carbonyl (C=O) groups is 2. The molecule has 0 radical (unpaired) electrons. The van der Waals surface area contributed by atoms with Crippen LogP contribution in [0.5, 0.6) is 0 Å². The third-order valence-electron chi connectivity index (χ3n) is 5.25. The van der Waals surface area contributed by atoms with Gasteiger partial charge in [-0.05, 0) is 28.3 Å². The number of anilines is 1. The van der Waals surface area contributed by atoms with Crippen LogP contribution in [0.3, 0.4) is 0 Å². The topological polar surface area (TPSA) is 88.5 Å². The molecule has 1 amide bonds. The third-order valence-corrected chi connectivity index (χ3v) is 6.41. The van der Waals surface area contributed by atoms with E-state index in [1.54, 1.807) is 12.3 Å². The molecule has 0 fully saturated rings. The fourth-order valence-electron chi connectivity index (χ4n) is 3.95. The number of nitrogens with zero attached hydrogens (tertiary/aromatic N) is 1. The molecule has 30 heavy (non-hydrogen) atoms. The summed E-state index contributed by atoms with van der Waals surface area (Å²) >= 11 is 1.09. The predicted octanol–water partition coefficient (Wildman–Crippen LogP) is 5.36. The van der Waals surface area contributed by atoms with E-state index in [4.69, 9.17) is 4.74 Å². The molecule has 0 bridgehead atoms. The highest BCUT2D eigenvalue weighted by molar-refractivity contribution is 7.21. The number of thiophene rings is 1. The molecule has 2 N–H and O–H groups in total. The molecule has 0 spiro atoms. The summed E-state index contributed by atoms with van der Waals surface area (Å²) in [6.07, 6.45) is 2.43. The zero-order valence-corrected chi connectivity index (χ0v) is 16.5. The van der Waals surface area contributed by atoms with Gasteiger partial charge >= 0.3 is 12.1 Å². The first-order valence-electron chi connectivity index (χ1n) is 9.35. The second-order valence-corrected chi connectivity index (χ2v) is 7.99. The van der Waals surface area contributed by atoms with Crippen LogP contribution in [0.25, 0.3) is 21.2 Å². The number of fused-ring (bicyclic) bond motifs is 4. The van der Waals surface area contributed by atoms with Gasteiger partial charge < -0.3 is 9.84 Å². The summed E-state index contributed by atoms with van der Waals surface area (Å²) in [4.78, 5) is 28.3. The first-order valence-corrected chi connectivity index (χ1v) is 10.2. The Labute approximate surface area is 175 Å². The van der Waals surface area contributed by atoms with Crippen LogP contribution in [0.1, 0.15) is 26.7 Å². The molecule has 0 saturated heterocycles. The number of carboxylic acid groups (broad SMARTS) is 1. The number of carbonyl (C=O) groups excluding carboxylic acids is 1. The number of carboxylic acids is 1. The van der Waals surface area contributed by atoms with E-state index in [2.05, 4.69) is 22.4 Å². The average Bonchev–Trinajstić information content (AvgIpc) is 3.29. The van der Waals surface area contributed by atoms with Crippen molar-refractivity contribution in [1.29, 1.82) is 0 Å². The normalized spacial score (nSPS) is 12.4. The Morgan fingerprint density at radius 2 is 1.70 bits per heavy atom. The zero-order valence-electron chi connectivity index (χ0n) is 15.7. The molecule has 0 aliphatic heterocycles. The van der Waals surface area contributed by atoms with Crippen molar-refractivity contribution in [2.45, 2.75) is 5.92 Å². The molecule has 5 rings (SSSR count). The Kier molecular flexibility index (Phi) is 4.44. The van der Waals surface area contributed by atoms with Gasteiger partial charge in [-0.3, -0.25) is 10.3 Å². The summed E-state index contributed by atoms with van der Waals surface area (Å²) in [7, 11) is 0. The quantitative estimate of drug-likeness (QED) is 0.468. The molecule has 0 saturated carbocycles. The number of hydrogen-bond donors (Lipinski definition) is 2. The monoisotopic (exact) mass is 416 g/mol. The van der Waals surface area contributed by atoms with Crippen LogP contribution < -0.4 is 5.32 Å². The van der Waals surface area contributed by atoms with Crippen LogP contribution in [-0.4, -0.2) is 28.8 Å². The minimum Gasteiger partial charge on any atom is -0.477 e. The Morgan fingerprint density at radius 3 is 2.37 bits per heavy atom. The summed E-state index contributed by atoms with van der Waals surface area (Å²) in [5, 5.41) is 12.7. The summed E-state index contributed by atoms with van der Waals surface area (Å²) < 4.78 is 6.27. The zero-order chi connectivity index (χ0) is 20.7. The second kappa shape index (κ2) is 7.27. The average molecular weight is 416 g/mol. The maximum atomic E-state index is 12.6. The molecule has 2 aromatic carbocycles. The van der Waals surface area contributed by atoms with Gasteiger partial charge in [-0.15, -0.1) is 11.3 Å². The molecule has 6 nitrogen and oxygen atoms in total. The highest BCUT2D eigenvalue weighted by Gasteiger charge is 2.29. The number of nitrogens with one attached hydrogen (secondary N) is 1. The number of benzene rings is 2. The van der Waals surface area contributed by atoms with Gasteiger partial charge in [0.15, 0.2) is 0 Å². The van der Waals surface area contributed by atoms with Gasteiger partial charge in [0.05, 0.1) is 5.69 Å². The van der Waals surface area contributed by atoms with E-state index in [-0.39, 0.29) is 23.1 Å². The highest BCUT2D eigenvalue weighted by atomic mass is 32.1. The number of pyridine rings is 1. The van der Waals surface area contributed by atoms with Gasteiger partial charge in [-0.1, -0.05) is 48.5 Å². The fourth-order valence-corrected chi connectivity index (χ4v) is 4.92. The number of hydrogen-bond acceptors (Lipinski definition) is 5. The molecular formula is C23H16N2O4S. The number of rotatable bonds is 4. The molecule has 2 aromatic heterocycles. The Balaban J connectivity index is 1.39. The maximum Gasteiger partial charge on any atom is 0.411 e. The number of aromatic carboxylic acids is 1.